The highest BCUT2D eigenvalue weighted by atomic mass is 35.5. The summed E-state index contributed by atoms with van der Waals surface area (Å²) in [5.41, 5.74) is 0.597. The van der Waals surface area contributed by atoms with Crippen LogP contribution in [-0.2, 0) is 12.7 Å². The van der Waals surface area contributed by atoms with Crippen LogP contribution in [0.25, 0.3) is 22.0 Å². The van der Waals surface area contributed by atoms with E-state index in [0.717, 1.165) is 24.3 Å². The molecule has 0 bridgehead atoms. The molecule has 0 saturated heterocycles. The number of ether oxygens (including phenoxy) is 1. The van der Waals surface area contributed by atoms with Crippen molar-refractivity contribution in [2.45, 2.75) is 26.6 Å². The molecule has 0 radical (unpaired) electrons. The van der Waals surface area contributed by atoms with Gasteiger partial charge in [-0.3, -0.25) is 0 Å². The monoisotopic (exact) mass is 536 g/mol. The Morgan fingerprint density at radius 2 is 1.70 bits per heavy atom. The average Bonchev–Trinajstić information content (AvgIpc) is 3.25. The molecule has 0 aliphatic rings. The van der Waals surface area contributed by atoms with E-state index in [4.69, 9.17) is 16.3 Å². The minimum Gasteiger partial charge on any atom is -0.410 e. The molecule has 37 heavy (non-hydrogen) atoms. The topological polar surface area (TPSA) is 34.5 Å². The fraction of sp³-hybridized carbons (Fsp3) is 0.222. The molecule has 4 rings (SSSR count). The molecule has 1 amide bonds. The van der Waals surface area contributed by atoms with E-state index < -0.39 is 29.5 Å². The first-order valence-corrected chi connectivity index (χ1v) is 11.8. The predicted octanol–water partition coefficient (Wildman–Crippen LogP) is 8.15. The van der Waals surface area contributed by atoms with Crippen molar-refractivity contribution < 1.29 is 31.5 Å². The molecule has 194 valence electrons. The maximum absolute atomic E-state index is 14.2. The summed E-state index contributed by atoms with van der Waals surface area (Å²) >= 11 is 6.19. The highest BCUT2D eigenvalue weighted by Gasteiger charge is 2.31. The van der Waals surface area contributed by atoms with Crippen molar-refractivity contribution in [1.82, 2.24) is 9.47 Å². The summed E-state index contributed by atoms with van der Waals surface area (Å²) in [5.74, 6) is -1.98. The van der Waals surface area contributed by atoms with Gasteiger partial charge >= 0.3 is 12.3 Å². The van der Waals surface area contributed by atoms with Crippen molar-refractivity contribution in [1.29, 1.82) is 0 Å². The zero-order chi connectivity index (χ0) is 26.9. The third kappa shape index (κ3) is 5.41. The predicted molar refractivity (Wildman–Crippen MR) is 132 cm³/mol. The molecule has 1 heterocycles. The summed E-state index contributed by atoms with van der Waals surface area (Å²) in [6, 6.07) is 11.3. The smallest absolute Gasteiger partial charge is 0.410 e. The molecule has 0 saturated carbocycles. The first kappa shape index (κ1) is 26.5. The van der Waals surface area contributed by atoms with Crippen molar-refractivity contribution >= 4 is 28.6 Å². The van der Waals surface area contributed by atoms with Gasteiger partial charge < -0.3 is 14.2 Å². The summed E-state index contributed by atoms with van der Waals surface area (Å²) in [4.78, 5) is 14.1. The van der Waals surface area contributed by atoms with Crippen molar-refractivity contribution in [3.8, 4) is 16.9 Å². The molecule has 1 aromatic heterocycles. The van der Waals surface area contributed by atoms with Gasteiger partial charge in [0.05, 0.1) is 5.56 Å². The maximum Gasteiger partial charge on any atom is 0.416 e. The molecule has 4 nitrogen and oxygen atoms in total. The van der Waals surface area contributed by atoms with Crippen LogP contribution >= 0.6 is 11.6 Å². The Morgan fingerprint density at radius 1 is 0.973 bits per heavy atom. The molecule has 0 fully saturated rings. The lowest BCUT2D eigenvalue weighted by Crippen LogP contribution is -2.33. The molecule has 0 spiro atoms. The molecule has 0 aliphatic heterocycles. The van der Waals surface area contributed by atoms with Crippen LogP contribution in [0.2, 0.25) is 5.02 Å². The van der Waals surface area contributed by atoms with E-state index in [9.17, 15) is 26.7 Å². The lowest BCUT2D eigenvalue weighted by molar-refractivity contribution is -0.137. The fourth-order valence-corrected chi connectivity index (χ4v) is 4.30. The number of amides is 1. The number of alkyl halides is 3. The molecule has 0 N–H and O–H groups in total. The number of carbonyl (C=O) groups is 1. The van der Waals surface area contributed by atoms with Crippen LogP contribution in [0.3, 0.4) is 0 Å². The van der Waals surface area contributed by atoms with Crippen molar-refractivity contribution in [3.63, 3.8) is 0 Å². The van der Waals surface area contributed by atoms with E-state index in [-0.39, 0.29) is 28.4 Å². The largest absolute Gasteiger partial charge is 0.416 e. The second-order valence-corrected chi connectivity index (χ2v) is 8.70. The number of hydrogen-bond donors (Lipinski definition) is 0. The van der Waals surface area contributed by atoms with E-state index in [1.807, 2.05) is 0 Å². The minimum absolute atomic E-state index is 0.0159. The van der Waals surface area contributed by atoms with E-state index in [2.05, 4.69) is 0 Å². The Hall–Kier alpha value is -3.59. The van der Waals surface area contributed by atoms with Gasteiger partial charge in [0.25, 0.3) is 0 Å². The fourth-order valence-electron chi connectivity index (χ4n) is 4.12. The molecule has 0 aliphatic carbocycles. The lowest BCUT2D eigenvalue weighted by atomic mass is 10.00. The van der Waals surface area contributed by atoms with Gasteiger partial charge in [-0.15, -0.1) is 0 Å². The second-order valence-electron chi connectivity index (χ2n) is 8.29. The standard InChI is InChI=1S/C27H22ClF5N2O2/c1-3-34(4-2)26(36)37-24-10-9-23-19(25(24)16-5-8-21(29)22(30)14-16)11-12-35(23)15-17-13-18(27(31,32)33)6-7-20(17)28/h5-14H,3-4,15H2,1-2H3. The molecule has 3 aromatic carbocycles. The number of nitrogens with zero attached hydrogens (tertiary/aromatic N) is 2. The molecule has 0 atom stereocenters. The zero-order valence-corrected chi connectivity index (χ0v) is 20.6. The maximum atomic E-state index is 14.2. The summed E-state index contributed by atoms with van der Waals surface area (Å²) in [7, 11) is 0. The van der Waals surface area contributed by atoms with Gasteiger partial charge in [-0.05, 0) is 73.5 Å². The molecule has 0 unspecified atom stereocenters. The zero-order valence-electron chi connectivity index (χ0n) is 19.9. The van der Waals surface area contributed by atoms with Crippen LogP contribution in [0.1, 0.15) is 25.0 Å². The lowest BCUT2D eigenvalue weighted by Gasteiger charge is -2.20. The van der Waals surface area contributed by atoms with E-state index in [0.29, 0.717) is 29.6 Å². The van der Waals surface area contributed by atoms with Crippen LogP contribution in [-0.4, -0.2) is 28.6 Å². The Kier molecular flexibility index (Phi) is 7.45. The van der Waals surface area contributed by atoms with Gasteiger partial charge in [0.1, 0.15) is 5.75 Å². The van der Waals surface area contributed by atoms with Gasteiger partial charge in [0.2, 0.25) is 0 Å². The number of benzene rings is 3. The number of fused-ring (bicyclic) bond motifs is 1. The van der Waals surface area contributed by atoms with Gasteiger partial charge in [-0.2, -0.15) is 13.2 Å². The number of aromatic nitrogens is 1. The number of carbonyl (C=O) groups excluding carboxylic acids is 1. The summed E-state index contributed by atoms with van der Waals surface area (Å²) in [5, 5.41) is 0.694. The van der Waals surface area contributed by atoms with Gasteiger partial charge in [0, 0.05) is 47.3 Å². The van der Waals surface area contributed by atoms with Crippen LogP contribution in [0.15, 0.2) is 60.8 Å². The van der Waals surface area contributed by atoms with Gasteiger partial charge in [0.15, 0.2) is 11.6 Å². The number of rotatable bonds is 6. The van der Waals surface area contributed by atoms with Crippen LogP contribution in [0.5, 0.6) is 5.75 Å². The van der Waals surface area contributed by atoms with Crippen molar-refractivity contribution in [3.05, 3.63) is 88.6 Å². The second kappa shape index (κ2) is 10.4. The minimum atomic E-state index is -4.53. The van der Waals surface area contributed by atoms with Crippen molar-refractivity contribution in [2.24, 2.45) is 0 Å². The first-order chi connectivity index (χ1) is 17.5. The van der Waals surface area contributed by atoms with E-state index >= 15 is 0 Å². The Balaban J connectivity index is 1.84. The Bertz CT molecular complexity index is 1460. The number of halogens is 6. The first-order valence-electron chi connectivity index (χ1n) is 11.4. The molecular formula is C27H22ClF5N2O2. The Morgan fingerprint density at radius 3 is 2.35 bits per heavy atom. The highest BCUT2D eigenvalue weighted by molar-refractivity contribution is 6.31. The van der Waals surface area contributed by atoms with Gasteiger partial charge in [-0.1, -0.05) is 17.7 Å². The number of hydrogen-bond acceptors (Lipinski definition) is 2. The van der Waals surface area contributed by atoms with Crippen LogP contribution in [0.4, 0.5) is 26.7 Å². The third-order valence-corrected chi connectivity index (χ3v) is 6.42. The van der Waals surface area contributed by atoms with E-state index in [1.165, 1.54) is 23.1 Å². The quantitative estimate of drug-likeness (QED) is 0.233. The molecule has 4 aromatic rings. The summed E-state index contributed by atoms with van der Waals surface area (Å²) in [6.45, 7) is 4.42. The van der Waals surface area contributed by atoms with Gasteiger partial charge in [-0.25, -0.2) is 13.6 Å². The SMILES string of the molecule is CCN(CC)C(=O)Oc1ccc2c(ccn2Cc2cc(C(F)(F)F)ccc2Cl)c1-c1ccc(F)c(F)c1. The Labute approximate surface area is 214 Å². The normalized spacial score (nSPS) is 11.7. The summed E-state index contributed by atoms with van der Waals surface area (Å²) < 4.78 is 74.9. The average molecular weight is 537 g/mol. The van der Waals surface area contributed by atoms with Crippen LogP contribution < -0.4 is 4.74 Å². The third-order valence-electron chi connectivity index (χ3n) is 6.06. The van der Waals surface area contributed by atoms with E-state index in [1.54, 1.807) is 36.7 Å². The molecule has 10 heteroatoms. The molecular weight excluding hydrogens is 515 g/mol. The van der Waals surface area contributed by atoms with Crippen molar-refractivity contribution in [2.75, 3.05) is 13.1 Å². The summed E-state index contributed by atoms with van der Waals surface area (Å²) in [6.07, 6.45) is -3.49. The van der Waals surface area contributed by atoms with Crippen LogP contribution in [0, 0.1) is 11.6 Å². The highest BCUT2D eigenvalue weighted by Crippen LogP contribution is 2.39.